The summed E-state index contributed by atoms with van der Waals surface area (Å²) in [5.74, 6) is 2.62. The average Bonchev–Trinajstić information content (AvgIpc) is 2.88. The van der Waals surface area contributed by atoms with E-state index in [4.69, 9.17) is 9.47 Å². The second-order valence-electron chi connectivity index (χ2n) is 4.22. The highest BCUT2D eigenvalue weighted by atomic mass is 32.2. The van der Waals surface area contributed by atoms with Crippen molar-refractivity contribution in [3.63, 3.8) is 0 Å². The molecule has 2 aliphatic heterocycles. The lowest BCUT2D eigenvalue weighted by molar-refractivity contribution is 0.0414. The molecule has 0 aromatic carbocycles. The van der Waals surface area contributed by atoms with E-state index in [-0.39, 0.29) is 0 Å². The molecule has 0 bridgehead atoms. The molecule has 0 aromatic rings. The van der Waals surface area contributed by atoms with Crippen LogP contribution in [0.2, 0.25) is 0 Å². The van der Waals surface area contributed by atoms with Crippen LogP contribution in [-0.2, 0) is 9.47 Å². The van der Waals surface area contributed by atoms with Crippen LogP contribution in [0.25, 0.3) is 0 Å². The van der Waals surface area contributed by atoms with E-state index in [0.717, 1.165) is 45.2 Å². The molecule has 2 heterocycles. The second kappa shape index (κ2) is 6.74. The molecule has 2 rings (SSSR count). The minimum absolute atomic E-state index is 0.368. The summed E-state index contributed by atoms with van der Waals surface area (Å²) in [4.78, 5) is 0. The topological polar surface area (TPSA) is 30.5 Å². The number of hydrogen-bond donors (Lipinski definition) is 1. The number of nitrogens with one attached hydrogen (secondary N) is 1. The van der Waals surface area contributed by atoms with Crippen LogP contribution in [0.5, 0.6) is 0 Å². The van der Waals surface area contributed by atoms with E-state index in [1.807, 2.05) is 0 Å². The largest absolute Gasteiger partial charge is 0.379 e. The van der Waals surface area contributed by atoms with E-state index in [1.54, 1.807) is 0 Å². The predicted octanol–water partition coefficient (Wildman–Crippen LogP) is 1.28. The Bertz CT molecular complexity index is 150. The molecular weight excluding hydrogens is 210 g/mol. The van der Waals surface area contributed by atoms with E-state index < -0.39 is 0 Å². The first-order valence-corrected chi connectivity index (χ1v) is 7.11. The maximum Gasteiger partial charge on any atom is 0.0830 e. The van der Waals surface area contributed by atoms with E-state index in [0.29, 0.717) is 6.10 Å². The smallest absolute Gasteiger partial charge is 0.0830 e. The van der Waals surface area contributed by atoms with Gasteiger partial charge in [-0.25, -0.2) is 0 Å². The first kappa shape index (κ1) is 11.7. The Morgan fingerprint density at radius 2 is 2.40 bits per heavy atom. The highest BCUT2D eigenvalue weighted by Gasteiger charge is 2.16. The Balaban J connectivity index is 1.41. The predicted molar refractivity (Wildman–Crippen MR) is 63.5 cm³/mol. The minimum atomic E-state index is 0.368. The molecule has 88 valence electrons. The lowest BCUT2D eigenvalue weighted by Crippen LogP contribution is -2.30. The van der Waals surface area contributed by atoms with Gasteiger partial charge in [0.25, 0.3) is 0 Å². The lowest BCUT2D eigenvalue weighted by Gasteiger charge is -2.12. The summed E-state index contributed by atoms with van der Waals surface area (Å²) >= 11 is 2.06. The van der Waals surface area contributed by atoms with Crippen molar-refractivity contribution < 1.29 is 9.47 Å². The summed E-state index contributed by atoms with van der Waals surface area (Å²) in [7, 11) is 0. The van der Waals surface area contributed by atoms with Crippen LogP contribution >= 0.6 is 11.8 Å². The Morgan fingerprint density at radius 1 is 1.40 bits per heavy atom. The van der Waals surface area contributed by atoms with E-state index in [9.17, 15) is 0 Å². The van der Waals surface area contributed by atoms with Crippen LogP contribution in [-0.4, -0.2) is 50.0 Å². The van der Waals surface area contributed by atoms with E-state index in [2.05, 4.69) is 17.1 Å². The van der Waals surface area contributed by atoms with Gasteiger partial charge in [0.2, 0.25) is 0 Å². The van der Waals surface area contributed by atoms with Crippen molar-refractivity contribution in [3.8, 4) is 0 Å². The standard InChI is InChI=1S/C11H21NO2S/c1(4-12-10-3-7-15-9-10)5-14-11-2-6-13-8-11/h10-12H,1-9H2. The number of hydrogen-bond acceptors (Lipinski definition) is 4. The molecular formula is C11H21NO2S. The fourth-order valence-corrected chi connectivity index (χ4v) is 3.16. The molecule has 1 N–H and O–H groups in total. The summed E-state index contributed by atoms with van der Waals surface area (Å²) in [6.07, 6.45) is 3.90. The molecule has 2 atom stereocenters. The van der Waals surface area contributed by atoms with Gasteiger partial charge in [-0.2, -0.15) is 11.8 Å². The van der Waals surface area contributed by atoms with Gasteiger partial charge in [-0.1, -0.05) is 0 Å². The summed E-state index contributed by atoms with van der Waals surface area (Å²) in [5, 5.41) is 3.57. The highest BCUT2D eigenvalue weighted by Crippen LogP contribution is 2.16. The van der Waals surface area contributed by atoms with Crippen molar-refractivity contribution in [1.82, 2.24) is 5.32 Å². The summed E-state index contributed by atoms with van der Waals surface area (Å²) in [6.45, 7) is 3.65. The monoisotopic (exact) mass is 231 g/mol. The minimum Gasteiger partial charge on any atom is -0.379 e. The SMILES string of the molecule is C(CNC1CCSC1)COC1CCOC1. The van der Waals surface area contributed by atoms with Crippen LogP contribution in [0.1, 0.15) is 19.3 Å². The van der Waals surface area contributed by atoms with Crippen LogP contribution < -0.4 is 5.32 Å². The van der Waals surface area contributed by atoms with Crippen LogP contribution in [0.15, 0.2) is 0 Å². The molecule has 0 amide bonds. The Kier molecular flexibility index (Phi) is 5.26. The van der Waals surface area contributed by atoms with Gasteiger partial charge < -0.3 is 14.8 Å². The molecule has 0 saturated carbocycles. The van der Waals surface area contributed by atoms with Crippen molar-refractivity contribution in [1.29, 1.82) is 0 Å². The molecule has 2 aliphatic rings. The first-order chi connectivity index (χ1) is 7.45. The van der Waals surface area contributed by atoms with E-state index in [1.165, 1.54) is 17.9 Å². The normalized spacial score (nSPS) is 31.2. The number of thioether (sulfide) groups is 1. The van der Waals surface area contributed by atoms with Crippen molar-refractivity contribution in [3.05, 3.63) is 0 Å². The van der Waals surface area contributed by atoms with Gasteiger partial charge in [0.05, 0.1) is 12.7 Å². The van der Waals surface area contributed by atoms with Gasteiger partial charge in [0.1, 0.15) is 0 Å². The van der Waals surface area contributed by atoms with Crippen molar-refractivity contribution in [2.75, 3.05) is 37.9 Å². The van der Waals surface area contributed by atoms with Gasteiger partial charge >= 0.3 is 0 Å². The third-order valence-electron chi connectivity index (χ3n) is 2.93. The van der Waals surface area contributed by atoms with Crippen LogP contribution in [0, 0.1) is 0 Å². The molecule has 0 aromatic heterocycles. The highest BCUT2D eigenvalue weighted by molar-refractivity contribution is 7.99. The third-order valence-corrected chi connectivity index (χ3v) is 4.09. The fourth-order valence-electron chi connectivity index (χ4n) is 1.97. The zero-order chi connectivity index (χ0) is 10.3. The molecule has 15 heavy (non-hydrogen) atoms. The Labute approximate surface area is 96.3 Å². The summed E-state index contributed by atoms with van der Waals surface area (Å²) < 4.78 is 10.9. The van der Waals surface area contributed by atoms with Gasteiger partial charge in [0.15, 0.2) is 0 Å². The van der Waals surface area contributed by atoms with Crippen molar-refractivity contribution in [2.24, 2.45) is 0 Å². The molecule has 0 spiro atoms. The average molecular weight is 231 g/mol. The maximum atomic E-state index is 5.70. The molecule has 2 unspecified atom stereocenters. The van der Waals surface area contributed by atoms with Crippen LogP contribution in [0.4, 0.5) is 0 Å². The zero-order valence-electron chi connectivity index (χ0n) is 9.24. The quantitative estimate of drug-likeness (QED) is 0.698. The van der Waals surface area contributed by atoms with E-state index >= 15 is 0 Å². The second-order valence-corrected chi connectivity index (χ2v) is 5.37. The van der Waals surface area contributed by atoms with Gasteiger partial charge in [-0.15, -0.1) is 0 Å². The molecule has 2 fully saturated rings. The third kappa shape index (κ3) is 4.31. The van der Waals surface area contributed by atoms with Crippen molar-refractivity contribution in [2.45, 2.75) is 31.4 Å². The molecule has 3 nitrogen and oxygen atoms in total. The fraction of sp³-hybridized carbons (Fsp3) is 1.00. The van der Waals surface area contributed by atoms with Crippen LogP contribution in [0.3, 0.4) is 0 Å². The van der Waals surface area contributed by atoms with Gasteiger partial charge in [-0.05, 0) is 31.6 Å². The number of rotatable bonds is 6. The molecule has 4 heteroatoms. The Morgan fingerprint density at radius 3 is 3.13 bits per heavy atom. The zero-order valence-corrected chi connectivity index (χ0v) is 10.1. The van der Waals surface area contributed by atoms with Gasteiger partial charge in [-0.3, -0.25) is 0 Å². The number of ether oxygens (including phenoxy) is 2. The molecule has 0 aliphatic carbocycles. The molecule has 2 saturated heterocycles. The maximum absolute atomic E-state index is 5.70. The summed E-state index contributed by atoms with van der Waals surface area (Å²) in [6, 6.07) is 0.754. The summed E-state index contributed by atoms with van der Waals surface area (Å²) in [5.41, 5.74) is 0. The van der Waals surface area contributed by atoms with Gasteiger partial charge in [0, 0.05) is 25.0 Å². The first-order valence-electron chi connectivity index (χ1n) is 5.95. The lowest BCUT2D eigenvalue weighted by atomic mass is 10.2. The Hall–Kier alpha value is 0.230. The molecule has 0 radical (unpaired) electrons. The van der Waals surface area contributed by atoms with Crippen molar-refractivity contribution >= 4 is 11.8 Å².